The van der Waals surface area contributed by atoms with E-state index in [-0.39, 0.29) is 30.8 Å². The Morgan fingerprint density at radius 2 is 2.00 bits per heavy atom. The normalized spacial score (nSPS) is 17.5. The molecule has 1 fully saturated rings. The number of nitrogens with zero attached hydrogens (tertiary/aromatic N) is 2. The summed E-state index contributed by atoms with van der Waals surface area (Å²) in [5, 5.41) is 10.0. The van der Waals surface area contributed by atoms with Crippen molar-refractivity contribution >= 4 is 40.2 Å². The van der Waals surface area contributed by atoms with E-state index < -0.39 is 11.9 Å². The summed E-state index contributed by atoms with van der Waals surface area (Å²) in [6, 6.07) is 11.9. The van der Waals surface area contributed by atoms with Crippen molar-refractivity contribution in [2.45, 2.75) is 38.9 Å². The quantitative estimate of drug-likeness (QED) is 0.520. The number of urea groups is 1. The zero-order chi connectivity index (χ0) is 23.8. The molecular formula is C25H23N5O4. The lowest BCUT2D eigenvalue weighted by molar-refractivity contribution is -0.136. The van der Waals surface area contributed by atoms with Gasteiger partial charge in [-0.2, -0.15) is 0 Å². The molecule has 1 unspecified atom stereocenters. The number of pyridine rings is 1. The summed E-state index contributed by atoms with van der Waals surface area (Å²) in [5.74, 6) is -0.965. The molecular weight excluding hydrogens is 434 g/mol. The zero-order valence-electron chi connectivity index (χ0n) is 18.6. The fourth-order valence-corrected chi connectivity index (χ4v) is 4.50. The molecule has 2 aromatic carbocycles. The van der Waals surface area contributed by atoms with Gasteiger partial charge in [0.1, 0.15) is 6.04 Å². The summed E-state index contributed by atoms with van der Waals surface area (Å²) >= 11 is 0. The molecule has 0 aliphatic carbocycles. The first-order valence-electron chi connectivity index (χ1n) is 11.1. The Bertz CT molecular complexity index is 1350. The van der Waals surface area contributed by atoms with Crippen LogP contribution >= 0.6 is 0 Å². The number of hydrogen-bond acceptors (Lipinski definition) is 5. The van der Waals surface area contributed by atoms with E-state index in [1.165, 1.54) is 4.90 Å². The SMILES string of the molecule is Cc1nccc2cc(NC(=O)NCc3ccc4c(c3)CN(C3CCC(=O)NC3=O)C4=O)ccc12. The number of nitrogens with one attached hydrogen (secondary N) is 3. The minimum Gasteiger partial charge on any atom is -0.334 e. The molecule has 5 rings (SSSR count). The van der Waals surface area contributed by atoms with Gasteiger partial charge in [0.15, 0.2) is 0 Å². The first-order chi connectivity index (χ1) is 16.4. The predicted octanol–water partition coefficient (Wildman–Crippen LogP) is 2.63. The van der Waals surface area contributed by atoms with E-state index in [0.717, 1.165) is 27.6 Å². The second kappa shape index (κ2) is 8.58. The summed E-state index contributed by atoms with van der Waals surface area (Å²) in [4.78, 5) is 54.6. The number of aryl methyl sites for hydroxylation is 1. The maximum atomic E-state index is 12.8. The molecule has 34 heavy (non-hydrogen) atoms. The van der Waals surface area contributed by atoms with Crippen LogP contribution in [-0.4, -0.2) is 39.7 Å². The molecule has 3 aromatic rings. The van der Waals surface area contributed by atoms with E-state index in [1.807, 2.05) is 37.3 Å². The standard InChI is InChI=1S/C25H23N5O4/c1-14-19-5-3-18(11-16(19)8-9-26-14)28-25(34)27-12-15-2-4-20-17(10-15)13-30(24(20)33)21-6-7-22(31)29-23(21)32/h2-5,8-11,21H,6-7,12-13H2,1H3,(H2,27,28,34)(H,29,31,32). The highest BCUT2D eigenvalue weighted by Gasteiger charge is 2.39. The van der Waals surface area contributed by atoms with E-state index in [2.05, 4.69) is 20.9 Å². The molecule has 5 amide bonds. The Morgan fingerprint density at radius 1 is 1.15 bits per heavy atom. The summed E-state index contributed by atoms with van der Waals surface area (Å²) in [7, 11) is 0. The lowest BCUT2D eigenvalue weighted by Crippen LogP contribution is -2.52. The third kappa shape index (κ3) is 4.07. The molecule has 0 spiro atoms. The minimum absolute atomic E-state index is 0.217. The fourth-order valence-electron chi connectivity index (χ4n) is 4.50. The number of benzene rings is 2. The van der Waals surface area contributed by atoms with E-state index in [9.17, 15) is 19.2 Å². The van der Waals surface area contributed by atoms with Gasteiger partial charge in [0.25, 0.3) is 5.91 Å². The van der Waals surface area contributed by atoms with Crippen molar-refractivity contribution in [2.75, 3.05) is 5.32 Å². The van der Waals surface area contributed by atoms with E-state index in [1.54, 1.807) is 18.3 Å². The average molecular weight is 457 g/mol. The largest absolute Gasteiger partial charge is 0.334 e. The van der Waals surface area contributed by atoms with Gasteiger partial charge in [0, 0.05) is 48.0 Å². The van der Waals surface area contributed by atoms with Crippen LogP contribution in [0.25, 0.3) is 10.8 Å². The first kappa shape index (κ1) is 21.6. The number of carbonyl (C=O) groups excluding carboxylic acids is 4. The Hall–Kier alpha value is -4.27. The Morgan fingerprint density at radius 3 is 2.82 bits per heavy atom. The number of piperidine rings is 1. The summed E-state index contributed by atoms with van der Waals surface area (Å²) in [5.41, 5.74) is 3.79. The smallest absolute Gasteiger partial charge is 0.319 e. The lowest BCUT2D eigenvalue weighted by Gasteiger charge is -2.29. The number of rotatable bonds is 4. The number of hydrogen-bond donors (Lipinski definition) is 3. The lowest BCUT2D eigenvalue weighted by atomic mass is 10.0. The number of imide groups is 1. The van der Waals surface area contributed by atoms with Crippen LogP contribution in [-0.2, 0) is 22.7 Å². The molecule has 0 saturated carbocycles. The predicted molar refractivity (Wildman–Crippen MR) is 125 cm³/mol. The zero-order valence-corrected chi connectivity index (χ0v) is 18.6. The number of carbonyl (C=O) groups is 4. The van der Waals surface area contributed by atoms with Crippen molar-refractivity contribution in [3.8, 4) is 0 Å². The number of aromatic nitrogens is 1. The number of fused-ring (bicyclic) bond motifs is 2. The van der Waals surface area contributed by atoms with Gasteiger partial charge in [0.05, 0.1) is 0 Å². The van der Waals surface area contributed by atoms with Crippen LogP contribution < -0.4 is 16.0 Å². The van der Waals surface area contributed by atoms with Crippen molar-refractivity contribution in [3.63, 3.8) is 0 Å². The van der Waals surface area contributed by atoms with Crippen molar-refractivity contribution in [3.05, 3.63) is 71.0 Å². The summed E-state index contributed by atoms with van der Waals surface area (Å²) in [6.07, 6.45) is 2.28. The van der Waals surface area contributed by atoms with Gasteiger partial charge in [-0.15, -0.1) is 0 Å². The second-order valence-corrected chi connectivity index (χ2v) is 8.53. The highest BCUT2D eigenvalue weighted by atomic mass is 16.2. The molecule has 9 nitrogen and oxygen atoms in total. The van der Waals surface area contributed by atoms with Crippen molar-refractivity contribution in [1.29, 1.82) is 0 Å². The van der Waals surface area contributed by atoms with E-state index >= 15 is 0 Å². The van der Waals surface area contributed by atoms with Crippen molar-refractivity contribution in [1.82, 2.24) is 20.5 Å². The molecule has 2 aliphatic heterocycles. The average Bonchev–Trinajstić information content (AvgIpc) is 3.13. The van der Waals surface area contributed by atoms with Crippen molar-refractivity contribution < 1.29 is 19.2 Å². The maximum Gasteiger partial charge on any atom is 0.319 e. The molecule has 0 radical (unpaired) electrons. The molecule has 3 heterocycles. The molecule has 3 N–H and O–H groups in total. The Labute approximate surface area is 195 Å². The van der Waals surface area contributed by atoms with Gasteiger partial charge in [-0.1, -0.05) is 18.2 Å². The third-order valence-electron chi connectivity index (χ3n) is 6.26. The van der Waals surface area contributed by atoms with Crippen LogP contribution in [0.5, 0.6) is 0 Å². The Kier molecular flexibility index (Phi) is 5.45. The summed E-state index contributed by atoms with van der Waals surface area (Å²) < 4.78 is 0. The summed E-state index contributed by atoms with van der Waals surface area (Å²) in [6.45, 7) is 2.52. The molecule has 1 atom stereocenters. The number of amides is 5. The monoisotopic (exact) mass is 457 g/mol. The van der Waals surface area contributed by atoms with E-state index in [0.29, 0.717) is 24.2 Å². The van der Waals surface area contributed by atoms with Crippen LogP contribution in [0.3, 0.4) is 0 Å². The van der Waals surface area contributed by atoms with Crippen molar-refractivity contribution in [2.24, 2.45) is 0 Å². The Balaban J connectivity index is 1.22. The van der Waals surface area contributed by atoms with E-state index in [4.69, 9.17) is 0 Å². The molecule has 0 bridgehead atoms. The molecule has 172 valence electrons. The second-order valence-electron chi connectivity index (χ2n) is 8.53. The fraction of sp³-hybridized carbons (Fsp3) is 0.240. The highest BCUT2D eigenvalue weighted by molar-refractivity contribution is 6.05. The van der Waals surface area contributed by atoms with Gasteiger partial charge in [-0.05, 0) is 54.1 Å². The van der Waals surface area contributed by atoms with Gasteiger partial charge in [-0.3, -0.25) is 24.7 Å². The minimum atomic E-state index is -0.647. The van der Waals surface area contributed by atoms with Crippen LogP contribution in [0.1, 0.15) is 40.0 Å². The topological polar surface area (TPSA) is 120 Å². The highest BCUT2D eigenvalue weighted by Crippen LogP contribution is 2.28. The molecule has 2 aliphatic rings. The van der Waals surface area contributed by atoms with Crippen LogP contribution in [0.15, 0.2) is 48.7 Å². The van der Waals surface area contributed by atoms with Gasteiger partial charge >= 0.3 is 6.03 Å². The van der Waals surface area contributed by atoms with Crippen LogP contribution in [0.4, 0.5) is 10.5 Å². The van der Waals surface area contributed by atoms with Crippen LogP contribution in [0.2, 0.25) is 0 Å². The van der Waals surface area contributed by atoms with Gasteiger partial charge in [-0.25, -0.2) is 4.79 Å². The first-order valence-corrected chi connectivity index (χ1v) is 11.1. The van der Waals surface area contributed by atoms with Gasteiger partial charge in [0.2, 0.25) is 11.8 Å². The molecule has 1 aromatic heterocycles. The number of anilines is 1. The van der Waals surface area contributed by atoms with Gasteiger partial charge < -0.3 is 15.5 Å². The molecule has 9 heteroatoms. The molecule has 1 saturated heterocycles. The third-order valence-corrected chi connectivity index (χ3v) is 6.26. The van der Waals surface area contributed by atoms with Crippen LogP contribution in [0, 0.1) is 6.92 Å². The maximum absolute atomic E-state index is 12.8.